The fourth-order valence-electron chi connectivity index (χ4n) is 1.75. The largest absolute Gasteiger partial charge is 0.399 e. The summed E-state index contributed by atoms with van der Waals surface area (Å²) in [5.41, 5.74) is 6.90. The minimum absolute atomic E-state index is 0.0487. The van der Waals surface area contributed by atoms with Gasteiger partial charge in [0.05, 0.1) is 0 Å². The van der Waals surface area contributed by atoms with Crippen LogP contribution >= 0.6 is 15.9 Å². The number of hydrogen-bond donors (Lipinski definition) is 2. The molecule has 0 heterocycles. The molecular weight excluding hydrogens is 268 g/mol. The number of benzene rings is 1. The van der Waals surface area contributed by atoms with Gasteiger partial charge >= 0.3 is 0 Å². The molecule has 2 rings (SSSR count). The molecule has 86 valence electrons. The summed E-state index contributed by atoms with van der Waals surface area (Å²) >= 11 is 3.33. The molecule has 1 aromatic carbocycles. The Hall–Kier alpha value is -1.03. The highest BCUT2D eigenvalue weighted by Gasteiger charge is 2.29. The van der Waals surface area contributed by atoms with E-state index in [-0.39, 0.29) is 11.9 Å². The van der Waals surface area contributed by atoms with Crippen molar-refractivity contribution in [2.75, 3.05) is 5.73 Å². The zero-order valence-corrected chi connectivity index (χ0v) is 10.8. The fraction of sp³-hybridized carbons (Fsp3) is 0.417. The van der Waals surface area contributed by atoms with Crippen LogP contribution in [0.2, 0.25) is 0 Å². The van der Waals surface area contributed by atoms with Crippen LogP contribution in [0.1, 0.15) is 30.1 Å². The van der Waals surface area contributed by atoms with Crippen LogP contribution in [0, 0.1) is 5.92 Å². The van der Waals surface area contributed by atoms with Crippen LogP contribution in [-0.2, 0) is 0 Å². The van der Waals surface area contributed by atoms with Crippen LogP contribution in [0.3, 0.4) is 0 Å². The van der Waals surface area contributed by atoms with E-state index < -0.39 is 0 Å². The van der Waals surface area contributed by atoms with Crippen molar-refractivity contribution in [1.29, 1.82) is 0 Å². The van der Waals surface area contributed by atoms with Gasteiger partial charge in [0.25, 0.3) is 5.91 Å². The maximum absolute atomic E-state index is 11.9. The lowest BCUT2D eigenvalue weighted by atomic mass is 10.1. The van der Waals surface area contributed by atoms with Gasteiger partial charge in [0.15, 0.2) is 0 Å². The molecule has 1 saturated carbocycles. The zero-order valence-electron chi connectivity index (χ0n) is 9.16. The van der Waals surface area contributed by atoms with Gasteiger partial charge in [0.1, 0.15) is 0 Å². The summed E-state index contributed by atoms with van der Waals surface area (Å²) in [7, 11) is 0. The van der Waals surface area contributed by atoms with Crippen molar-refractivity contribution in [2.24, 2.45) is 5.92 Å². The monoisotopic (exact) mass is 282 g/mol. The summed E-state index contributed by atoms with van der Waals surface area (Å²) in [5.74, 6) is 0.612. The van der Waals surface area contributed by atoms with Crippen molar-refractivity contribution in [3.8, 4) is 0 Å². The summed E-state index contributed by atoms with van der Waals surface area (Å²) in [4.78, 5) is 11.9. The molecule has 3 N–H and O–H groups in total. The summed E-state index contributed by atoms with van der Waals surface area (Å²) < 4.78 is 0.830. The third-order valence-corrected chi connectivity index (χ3v) is 3.33. The molecule has 0 radical (unpaired) electrons. The van der Waals surface area contributed by atoms with Crippen LogP contribution in [0.15, 0.2) is 22.7 Å². The first-order valence-corrected chi connectivity index (χ1v) is 6.22. The van der Waals surface area contributed by atoms with Gasteiger partial charge in [-0.1, -0.05) is 15.9 Å². The molecule has 0 aromatic heterocycles. The fourth-order valence-corrected chi connectivity index (χ4v) is 2.26. The first-order chi connectivity index (χ1) is 7.56. The molecular formula is C12H15BrN2O. The maximum atomic E-state index is 11.9. The molecule has 1 aliphatic carbocycles. The Bertz CT molecular complexity index is 395. The molecule has 1 fully saturated rings. The molecule has 1 aromatic rings. The second-order valence-corrected chi connectivity index (χ2v) is 5.29. The number of rotatable bonds is 3. The van der Waals surface area contributed by atoms with E-state index >= 15 is 0 Å². The van der Waals surface area contributed by atoms with Crippen molar-refractivity contribution in [3.63, 3.8) is 0 Å². The quantitative estimate of drug-likeness (QED) is 0.838. The van der Waals surface area contributed by atoms with E-state index in [0.29, 0.717) is 17.2 Å². The van der Waals surface area contributed by atoms with E-state index in [2.05, 4.69) is 28.2 Å². The lowest BCUT2D eigenvalue weighted by molar-refractivity contribution is 0.0936. The number of carbonyl (C=O) groups excluding carboxylic acids is 1. The lowest BCUT2D eigenvalue weighted by Crippen LogP contribution is -2.34. The number of anilines is 1. The molecule has 1 amide bonds. The summed E-state index contributed by atoms with van der Waals surface area (Å²) in [6, 6.07) is 5.51. The van der Waals surface area contributed by atoms with E-state index in [1.54, 1.807) is 18.2 Å². The van der Waals surface area contributed by atoms with Crippen molar-refractivity contribution >= 4 is 27.5 Å². The lowest BCUT2D eigenvalue weighted by Gasteiger charge is -2.13. The Morgan fingerprint density at radius 1 is 1.50 bits per heavy atom. The van der Waals surface area contributed by atoms with Gasteiger partial charge in [-0.25, -0.2) is 0 Å². The highest BCUT2D eigenvalue weighted by molar-refractivity contribution is 9.10. The minimum atomic E-state index is -0.0487. The van der Waals surface area contributed by atoms with Crippen LogP contribution in [-0.4, -0.2) is 11.9 Å². The normalized spacial score (nSPS) is 16.9. The van der Waals surface area contributed by atoms with Gasteiger partial charge in [-0.05, 0) is 43.9 Å². The minimum Gasteiger partial charge on any atom is -0.399 e. The molecule has 1 aliphatic rings. The number of halogens is 1. The summed E-state index contributed by atoms with van der Waals surface area (Å²) in [5, 5.41) is 3.00. The number of nitrogens with one attached hydrogen (secondary N) is 1. The zero-order chi connectivity index (χ0) is 11.7. The molecule has 0 bridgehead atoms. The number of carbonyl (C=O) groups is 1. The van der Waals surface area contributed by atoms with Crippen LogP contribution < -0.4 is 11.1 Å². The topological polar surface area (TPSA) is 55.1 Å². The van der Waals surface area contributed by atoms with E-state index in [4.69, 9.17) is 5.73 Å². The molecule has 0 spiro atoms. The number of nitrogen functional groups attached to an aromatic ring is 1. The third kappa shape index (κ3) is 2.76. The van der Waals surface area contributed by atoms with Crippen LogP contribution in [0.5, 0.6) is 0 Å². The number of nitrogens with two attached hydrogens (primary N) is 1. The first kappa shape index (κ1) is 11.5. The predicted octanol–water partition coefficient (Wildman–Crippen LogP) is 2.56. The van der Waals surface area contributed by atoms with E-state index in [0.717, 1.165) is 4.47 Å². The Balaban J connectivity index is 2.07. The highest BCUT2D eigenvalue weighted by Crippen LogP contribution is 2.32. The SMILES string of the molecule is CC(NC(=O)c1cc(N)cc(Br)c1)C1CC1. The standard InChI is InChI=1S/C12H15BrN2O/c1-7(8-2-3-8)15-12(16)9-4-10(13)6-11(14)5-9/h4-8H,2-3,14H2,1H3,(H,15,16). The molecule has 16 heavy (non-hydrogen) atoms. The van der Waals surface area contributed by atoms with Crippen molar-refractivity contribution in [2.45, 2.75) is 25.8 Å². The number of hydrogen-bond acceptors (Lipinski definition) is 2. The molecule has 0 saturated heterocycles. The van der Waals surface area contributed by atoms with Gasteiger partial charge in [0.2, 0.25) is 0 Å². The summed E-state index contributed by atoms with van der Waals surface area (Å²) in [6.07, 6.45) is 2.45. The van der Waals surface area contributed by atoms with E-state index in [1.807, 2.05) is 0 Å². The van der Waals surface area contributed by atoms with E-state index in [9.17, 15) is 4.79 Å². The second-order valence-electron chi connectivity index (χ2n) is 4.37. The third-order valence-electron chi connectivity index (χ3n) is 2.87. The van der Waals surface area contributed by atoms with Gasteiger partial charge in [0, 0.05) is 21.8 Å². The Morgan fingerprint density at radius 3 is 2.75 bits per heavy atom. The maximum Gasteiger partial charge on any atom is 0.251 e. The molecule has 1 atom stereocenters. The predicted molar refractivity (Wildman–Crippen MR) is 68.2 cm³/mol. The van der Waals surface area contributed by atoms with Gasteiger partial charge in [-0.3, -0.25) is 4.79 Å². The molecule has 1 unspecified atom stereocenters. The molecule has 3 nitrogen and oxygen atoms in total. The average molecular weight is 283 g/mol. The Labute approximate surface area is 104 Å². The number of amides is 1. The van der Waals surface area contributed by atoms with Gasteiger partial charge in [-0.2, -0.15) is 0 Å². The first-order valence-electron chi connectivity index (χ1n) is 5.43. The van der Waals surface area contributed by atoms with Crippen molar-refractivity contribution in [1.82, 2.24) is 5.32 Å². The molecule has 4 heteroatoms. The highest BCUT2D eigenvalue weighted by atomic mass is 79.9. The smallest absolute Gasteiger partial charge is 0.251 e. The summed E-state index contributed by atoms with van der Waals surface area (Å²) in [6.45, 7) is 2.05. The van der Waals surface area contributed by atoms with Crippen LogP contribution in [0.4, 0.5) is 5.69 Å². The van der Waals surface area contributed by atoms with Crippen LogP contribution in [0.25, 0.3) is 0 Å². The van der Waals surface area contributed by atoms with Crippen molar-refractivity contribution in [3.05, 3.63) is 28.2 Å². The molecule has 0 aliphatic heterocycles. The van der Waals surface area contributed by atoms with Crippen molar-refractivity contribution < 1.29 is 4.79 Å². The average Bonchev–Trinajstić information content (AvgIpc) is 2.98. The van der Waals surface area contributed by atoms with Gasteiger partial charge < -0.3 is 11.1 Å². The Morgan fingerprint density at radius 2 is 2.19 bits per heavy atom. The second kappa shape index (κ2) is 4.45. The van der Waals surface area contributed by atoms with E-state index in [1.165, 1.54) is 12.8 Å². The van der Waals surface area contributed by atoms with Gasteiger partial charge in [-0.15, -0.1) is 0 Å². The Kier molecular flexibility index (Phi) is 3.19.